The summed E-state index contributed by atoms with van der Waals surface area (Å²) in [6, 6.07) is 34.7. The number of benzene rings is 4. The first-order valence-electron chi connectivity index (χ1n) is 10.7. The Hall–Kier alpha value is -4.31. The number of aryl methyl sites for hydroxylation is 1. The van der Waals surface area contributed by atoms with Crippen LogP contribution in [0.1, 0.15) is 12.5 Å². The van der Waals surface area contributed by atoms with Gasteiger partial charge < -0.3 is 14.2 Å². The average Bonchev–Trinajstić information content (AvgIpc) is 2.84. The molecule has 4 heteroatoms. The minimum Gasteiger partial charge on any atom is -0.465 e. The van der Waals surface area contributed by atoms with Gasteiger partial charge in [-0.3, -0.25) is 0 Å². The van der Waals surface area contributed by atoms with Crippen molar-refractivity contribution in [3.63, 3.8) is 0 Å². The van der Waals surface area contributed by atoms with Crippen molar-refractivity contribution in [3.05, 3.63) is 127 Å². The summed E-state index contributed by atoms with van der Waals surface area (Å²) >= 11 is 0. The van der Waals surface area contributed by atoms with E-state index in [1.54, 1.807) is 6.26 Å². The first kappa shape index (κ1) is 21.9. The molecule has 0 aliphatic carbocycles. The molecule has 0 saturated heterocycles. The topological polar surface area (TPSA) is 40.0 Å². The molecular weight excluding hydrogens is 410 g/mol. The molecule has 0 bridgehead atoms. The van der Waals surface area contributed by atoms with Crippen molar-refractivity contribution >= 4 is 11.6 Å². The molecule has 0 N–H and O–H groups in total. The molecule has 4 rings (SSSR count). The fraction of sp³-hybridized carbons (Fsp3) is 0.0690. The zero-order valence-corrected chi connectivity index (χ0v) is 18.6. The smallest absolute Gasteiger partial charge is 0.225 e. The summed E-state index contributed by atoms with van der Waals surface area (Å²) in [4.78, 5) is 4.70. The maximum atomic E-state index is 6.19. The zero-order valence-electron chi connectivity index (χ0n) is 18.6. The van der Waals surface area contributed by atoms with E-state index in [0.717, 1.165) is 28.3 Å². The lowest BCUT2D eigenvalue weighted by atomic mass is 10.2. The second-order valence-electron chi connectivity index (χ2n) is 7.48. The van der Waals surface area contributed by atoms with Crippen LogP contribution in [-0.4, -0.2) is 5.90 Å². The van der Waals surface area contributed by atoms with Crippen molar-refractivity contribution in [1.29, 1.82) is 0 Å². The van der Waals surface area contributed by atoms with Crippen LogP contribution in [0.4, 0.5) is 5.69 Å². The molecule has 0 spiro atoms. The first-order chi connectivity index (χ1) is 16.2. The molecule has 0 fully saturated rings. The van der Waals surface area contributed by atoms with Gasteiger partial charge in [0.05, 0.1) is 11.9 Å². The van der Waals surface area contributed by atoms with Crippen LogP contribution in [0.3, 0.4) is 0 Å². The summed E-state index contributed by atoms with van der Waals surface area (Å²) in [5, 5.41) is 0. The van der Waals surface area contributed by atoms with Gasteiger partial charge in [-0.2, -0.15) is 0 Å². The van der Waals surface area contributed by atoms with Gasteiger partial charge in [-0.05, 0) is 67.9 Å². The average molecular weight is 436 g/mol. The Balaban J connectivity index is 1.58. The normalized spacial score (nSPS) is 11.7. The third-order valence-electron chi connectivity index (χ3n) is 4.68. The van der Waals surface area contributed by atoms with E-state index < -0.39 is 0 Å². The number of rotatable bonds is 7. The SMILES string of the molecule is C/C(=C\Oc1cccc(C)c1)C(=Nc1ccccc1)Oc1cccc(Oc2ccccc2)c1. The number of hydrogen-bond acceptors (Lipinski definition) is 4. The molecule has 4 aromatic rings. The molecule has 0 radical (unpaired) electrons. The largest absolute Gasteiger partial charge is 0.465 e. The predicted octanol–water partition coefficient (Wildman–Crippen LogP) is 7.88. The fourth-order valence-electron chi connectivity index (χ4n) is 3.04. The van der Waals surface area contributed by atoms with Gasteiger partial charge in [0.15, 0.2) is 0 Å². The minimum atomic E-state index is 0.436. The van der Waals surface area contributed by atoms with E-state index in [1.807, 2.05) is 123 Å². The van der Waals surface area contributed by atoms with E-state index in [1.165, 1.54) is 0 Å². The summed E-state index contributed by atoms with van der Waals surface area (Å²) in [6.45, 7) is 3.93. The van der Waals surface area contributed by atoms with Gasteiger partial charge in [-0.15, -0.1) is 0 Å². The van der Waals surface area contributed by atoms with Crippen molar-refractivity contribution in [1.82, 2.24) is 0 Å². The number of hydrogen-bond donors (Lipinski definition) is 0. The highest BCUT2D eigenvalue weighted by Crippen LogP contribution is 2.26. The van der Waals surface area contributed by atoms with Crippen LogP contribution >= 0.6 is 0 Å². The maximum Gasteiger partial charge on any atom is 0.225 e. The molecule has 4 nitrogen and oxygen atoms in total. The Morgan fingerprint density at radius 3 is 2.06 bits per heavy atom. The number of ether oxygens (including phenoxy) is 3. The van der Waals surface area contributed by atoms with E-state index >= 15 is 0 Å². The quantitative estimate of drug-likeness (QED) is 0.168. The third-order valence-corrected chi connectivity index (χ3v) is 4.68. The second-order valence-corrected chi connectivity index (χ2v) is 7.48. The Bertz CT molecular complexity index is 1250. The molecule has 0 atom stereocenters. The Labute approximate surface area is 194 Å². The van der Waals surface area contributed by atoms with Crippen molar-refractivity contribution in [2.45, 2.75) is 13.8 Å². The Morgan fingerprint density at radius 2 is 1.30 bits per heavy atom. The van der Waals surface area contributed by atoms with Crippen molar-refractivity contribution in [3.8, 4) is 23.0 Å². The van der Waals surface area contributed by atoms with Gasteiger partial charge in [0, 0.05) is 11.6 Å². The highest BCUT2D eigenvalue weighted by Gasteiger charge is 2.09. The summed E-state index contributed by atoms with van der Waals surface area (Å²) in [5.74, 6) is 3.24. The van der Waals surface area contributed by atoms with Crippen LogP contribution in [0.5, 0.6) is 23.0 Å². The summed E-state index contributed by atoms with van der Waals surface area (Å²) in [6.07, 6.45) is 1.65. The first-order valence-corrected chi connectivity index (χ1v) is 10.7. The van der Waals surface area contributed by atoms with Crippen LogP contribution in [0.2, 0.25) is 0 Å². The van der Waals surface area contributed by atoms with Crippen LogP contribution in [0.25, 0.3) is 0 Å². The second kappa shape index (κ2) is 10.8. The standard InChI is InChI=1S/C29H25NO3/c1-22-11-9-16-26(19-22)31-21-23(2)29(30-24-12-5-3-6-13-24)33-28-18-10-17-27(20-28)32-25-14-7-4-8-15-25/h3-21H,1-2H3/b23-21+,30-29?. The van der Waals surface area contributed by atoms with Gasteiger partial charge in [-0.1, -0.05) is 54.6 Å². The summed E-state index contributed by atoms with van der Waals surface area (Å²) in [7, 11) is 0. The molecule has 0 saturated carbocycles. The highest BCUT2D eigenvalue weighted by atomic mass is 16.5. The molecule has 0 aromatic heterocycles. The lowest BCUT2D eigenvalue weighted by Crippen LogP contribution is -2.11. The van der Waals surface area contributed by atoms with Crippen LogP contribution in [-0.2, 0) is 0 Å². The fourth-order valence-corrected chi connectivity index (χ4v) is 3.04. The van der Waals surface area contributed by atoms with E-state index in [4.69, 9.17) is 19.2 Å². The molecule has 0 amide bonds. The van der Waals surface area contributed by atoms with Crippen LogP contribution in [0, 0.1) is 6.92 Å². The van der Waals surface area contributed by atoms with Crippen LogP contribution in [0.15, 0.2) is 126 Å². The zero-order chi connectivity index (χ0) is 22.9. The highest BCUT2D eigenvalue weighted by molar-refractivity contribution is 5.96. The molecule has 33 heavy (non-hydrogen) atoms. The van der Waals surface area contributed by atoms with Crippen LogP contribution < -0.4 is 14.2 Å². The van der Waals surface area contributed by atoms with Gasteiger partial charge in [-0.25, -0.2) is 4.99 Å². The lowest BCUT2D eigenvalue weighted by Gasteiger charge is -2.12. The molecular formula is C29H25NO3. The van der Waals surface area contributed by atoms with Gasteiger partial charge in [0.2, 0.25) is 5.90 Å². The lowest BCUT2D eigenvalue weighted by molar-refractivity contribution is 0.469. The van der Waals surface area contributed by atoms with E-state index in [-0.39, 0.29) is 0 Å². The van der Waals surface area contributed by atoms with Crippen molar-refractivity contribution < 1.29 is 14.2 Å². The molecule has 164 valence electrons. The van der Waals surface area contributed by atoms with Crippen molar-refractivity contribution in [2.24, 2.45) is 4.99 Å². The molecule has 4 aromatic carbocycles. The summed E-state index contributed by atoms with van der Waals surface area (Å²) < 4.78 is 18.0. The number of aliphatic imine (C=N–C) groups is 1. The monoisotopic (exact) mass is 435 g/mol. The summed E-state index contributed by atoms with van der Waals surface area (Å²) in [5.41, 5.74) is 2.66. The van der Waals surface area contributed by atoms with E-state index in [9.17, 15) is 0 Å². The molecule has 0 heterocycles. The van der Waals surface area contributed by atoms with Gasteiger partial charge in [0.25, 0.3) is 0 Å². The van der Waals surface area contributed by atoms with Gasteiger partial charge in [0.1, 0.15) is 23.0 Å². The predicted molar refractivity (Wildman–Crippen MR) is 133 cm³/mol. The number of para-hydroxylation sites is 2. The number of nitrogens with zero attached hydrogens (tertiary/aromatic N) is 1. The Kier molecular flexibility index (Phi) is 7.18. The molecule has 0 aliphatic rings. The molecule has 0 aliphatic heterocycles. The molecule has 0 unspecified atom stereocenters. The van der Waals surface area contributed by atoms with Gasteiger partial charge >= 0.3 is 0 Å². The van der Waals surface area contributed by atoms with Crippen molar-refractivity contribution in [2.75, 3.05) is 0 Å². The maximum absolute atomic E-state index is 6.19. The third kappa shape index (κ3) is 6.58. The van der Waals surface area contributed by atoms with E-state index in [0.29, 0.717) is 17.4 Å². The van der Waals surface area contributed by atoms with E-state index in [2.05, 4.69) is 0 Å². The Morgan fingerprint density at radius 1 is 0.667 bits per heavy atom. The minimum absolute atomic E-state index is 0.436.